The van der Waals surface area contributed by atoms with Crippen molar-refractivity contribution in [3.05, 3.63) is 88.7 Å². The predicted octanol–water partition coefficient (Wildman–Crippen LogP) is 4.86. The molecule has 0 bridgehead atoms. The molecule has 3 aromatic carbocycles. The molecule has 0 aliphatic heterocycles. The van der Waals surface area contributed by atoms with E-state index in [1.165, 1.54) is 55.6 Å². The van der Waals surface area contributed by atoms with Crippen LogP contribution in [-0.4, -0.2) is 21.4 Å². The molecule has 3 rings (SSSR count). The molecule has 0 aliphatic rings. The van der Waals surface area contributed by atoms with Crippen molar-refractivity contribution in [1.82, 2.24) is 0 Å². The van der Waals surface area contributed by atoms with Gasteiger partial charge in [0.05, 0.1) is 10.6 Å². The summed E-state index contributed by atoms with van der Waals surface area (Å²) in [6.07, 6.45) is 0. The van der Waals surface area contributed by atoms with Gasteiger partial charge in [-0.3, -0.25) is 9.10 Å². The highest BCUT2D eigenvalue weighted by atomic mass is 35.5. The minimum absolute atomic E-state index is 0.108. The lowest BCUT2D eigenvalue weighted by Gasteiger charge is -2.22. The molecule has 29 heavy (non-hydrogen) atoms. The fraction of sp³-hybridized carbons (Fsp3) is 0.0952. The first-order chi connectivity index (χ1) is 13.7. The Labute approximate surface area is 173 Å². The Bertz CT molecular complexity index is 1160. The molecule has 150 valence electrons. The molecule has 0 aromatic heterocycles. The van der Waals surface area contributed by atoms with E-state index in [1.807, 2.05) is 0 Å². The molecular formula is C21H18ClFN2O3S. The van der Waals surface area contributed by atoms with Gasteiger partial charge in [-0.25, -0.2) is 12.8 Å². The van der Waals surface area contributed by atoms with Gasteiger partial charge in [0.25, 0.3) is 15.9 Å². The summed E-state index contributed by atoms with van der Waals surface area (Å²) in [6.45, 7) is 1.71. The lowest BCUT2D eigenvalue weighted by Crippen LogP contribution is -2.27. The van der Waals surface area contributed by atoms with Crippen LogP contribution in [-0.2, 0) is 10.0 Å². The molecule has 5 nitrogen and oxygen atoms in total. The van der Waals surface area contributed by atoms with Crippen LogP contribution in [0.25, 0.3) is 0 Å². The van der Waals surface area contributed by atoms with Crippen molar-refractivity contribution in [3.8, 4) is 0 Å². The lowest BCUT2D eigenvalue weighted by atomic mass is 10.1. The Kier molecular flexibility index (Phi) is 5.91. The van der Waals surface area contributed by atoms with E-state index in [2.05, 4.69) is 5.32 Å². The monoisotopic (exact) mass is 432 g/mol. The predicted molar refractivity (Wildman–Crippen MR) is 113 cm³/mol. The number of sulfonamides is 1. The topological polar surface area (TPSA) is 66.5 Å². The zero-order valence-corrected chi connectivity index (χ0v) is 17.3. The molecule has 8 heteroatoms. The van der Waals surface area contributed by atoms with Gasteiger partial charge in [0.1, 0.15) is 5.82 Å². The third-order valence-corrected chi connectivity index (χ3v) is 6.39. The molecule has 3 aromatic rings. The average molecular weight is 433 g/mol. The molecule has 0 unspecified atom stereocenters. The summed E-state index contributed by atoms with van der Waals surface area (Å²) in [5, 5.41) is 3.05. The van der Waals surface area contributed by atoms with Crippen LogP contribution in [0.4, 0.5) is 15.8 Å². The van der Waals surface area contributed by atoms with Crippen molar-refractivity contribution in [2.45, 2.75) is 11.8 Å². The minimum atomic E-state index is -3.79. The Hall–Kier alpha value is -2.90. The van der Waals surface area contributed by atoms with E-state index in [1.54, 1.807) is 25.1 Å². The molecule has 1 amide bonds. The molecular weight excluding hydrogens is 415 g/mol. The first kappa shape index (κ1) is 20.8. The normalized spacial score (nSPS) is 11.2. The van der Waals surface area contributed by atoms with Gasteiger partial charge < -0.3 is 5.32 Å². The number of carbonyl (C=O) groups excluding carboxylic acids is 1. The third-order valence-electron chi connectivity index (χ3n) is 4.35. The van der Waals surface area contributed by atoms with Gasteiger partial charge >= 0.3 is 0 Å². The average Bonchev–Trinajstić information content (AvgIpc) is 2.67. The van der Waals surface area contributed by atoms with Crippen LogP contribution in [0.5, 0.6) is 0 Å². The molecule has 0 radical (unpaired) electrons. The smallest absolute Gasteiger partial charge is 0.264 e. The maximum atomic E-state index is 13.3. The van der Waals surface area contributed by atoms with Gasteiger partial charge in [-0.2, -0.15) is 0 Å². The van der Waals surface area contributed by atoms with Gasteiger partial charge in [-0.15, -0.1) is 0 Å². The third kappa shape index (κ3) is 4.58. The minimum Gasteiger partial charge on any atom is -0.322 e. The SMILES string of the molecule is Cc1cc(C(=O)Nc2cccc(F)c2)ccc1N(C)S(=O)(=O)c1ccc(Cl)cc1. The van der Waals surface area contributed by atoms with Crippen LogP contribution >= 0.6 is 11.6 Å². The number of nitrogens with zero attached hydrogens (tertiary/aromatic N) is 1. The number of nitrogens with one attached hydrogen (secondary N) is 1. The van der Waals surface area contributed by atoms with Crippen molar-refractivity contribution < 1.29 is 17.6 Å². The zero-order valence-electron chi connectivity index (χ0n) is 15.7. The second-order valence-corrected chi connectivity index (χ2v) is 8.80. The number of amides is 1. The van der Waals surface area contributed by atoms with Crippen LogP contribution in [0.1, 0.15) is 15.9 Å². The highest BCUT2D eigenvalue weighted by molar-refractivity contribution is 7.92. The number of rotatable bonds is 5. The summed E-state index contributed by atoms with van der Waals surface area (Å²) < 4.78 is 40.1. The highest BCUT2D eigenvalue weighted by Crippen LogP contribution is 2.27. The molecule has 0 saturated heterocycles. The van der Waals surface area contributed by atoms with Gasteiger partial charge in [-0.05, 0) is 73.2 Å². The Balaban J connectivity index is 1.85. The van der Waals surface area contributed by atoms with Gasteiger partial charge in [0, 0.05) is 23.3 Å². The summed E-state index contributed by atoms with van der Waals surface area (Å²) in [7, 11) is -2.34. The molecule has 1 N–H and O–H groups in total. The maximum absolute atomic E-state index is 13.3. The first-order valence-electron chi connectivity index (χ1n) is 8.60. The van der Waals surface area contributed by atoms with E-state index in [4.69, 9.17) is 11.6 Å². The van der Waals surface area contributed by atoms with E-state index in [9.17, 15) is 17.6 Å². The van der Waals surface area contributed by atoms with Crippen LogP contribution in [0.15, 0.2) is 71.6 Å². The van der Waals surface area contributed by atoms with E-state index in [0.717, 1.165) is 4.31 Å². The van der Waals surface area contributed by atoms with Crippen molar-refractivity contribution in [2.24, 2.45) is 0 Å². The number of anilines is 2. The summed E-state index contributed by atoms with van der Waals surface area (Å²) in [4.78, 5) is 12.5. The van der Waals surface area contributed by atoms with Crippen LogP contribution in [0, 0.1) is 12.7 Å². The molecule has 0 atom stereocenters. The molecule has 0 spiro atoms. The Morgan fingerprint density at radius 3 is 2.34 bits per heavy atom. The zero-order chi connectivity index (χ0) is 21.2. The van der Waals surface area contributed by atoms with Gasteiger partial charge in [0.2, 0.25) is 0 Å². The van der Waals surface area contributed by atoms with Crippen molar-refractivity contribution >= 4 is 38.9 Å². The van der Waals surface area contributed by atoms with Crippen molar-refractivity contribution in [3.63, 3.8) is 0 Å². The second-order valence-electron chi connectivity index (χ2n) is 6.39. The summed E-state index contributed by atoms with van der Waals surface area (Å²) in [6, 6.07) is 16.1. The number of halogens is 2. The number of hydrogen-bond acceptors (Lipinski definition) is 3. The second kappa shape index (κ2) is 8.23. The van der Waals surface area contributed by atoms with Crippen molar-refractivity contribution in [1.29, 1.82) is 0 Å². The fourth-order valence-corrected chi connectivity index (χ4v) is 4.20. The summed E-state index contributed by atoms with van der Waals surface area (Å²) >= 11 is 5.83. The number of carbonyl (C=O) groups is 1. The van der Waals surface area contributed by atoms with Gasteiger partial charge in [0.15, 0.2) is 0 Å². The summed E-state index contributed by atoms with van der Waals surface area (Å²) in [5.41, 5.74) is 1.69. The maximum Gasteiger partial charge on any atom is 0.264 e. The largest absolute Gasteiger partial charge is 0.322 e. The molecule has 0 saturated carbocycles. The fourth-order valence-electron chi connectivity index (χ4n) is 2.81. The first-order valence-corrected chi connectivity index (χ1v) is 10.4. The lowest BCUT2D eigenvalue weighted by molar-refractivity contribution is 0.102. The quantitative estimate of drug-likeness (QED) is 0.625. The van der Waals surface area contributed by atoms with Crippen LogP contribution in [0.3, 0.4) is 0 Å². The molecule has 0 aliphatic carbocycles. The van der Waals surface area contributed by atoms with E-state index in [0.29, 0.717) is 27.5 Å². The van der Waals surface area contributed by atoms with Crippen LogP contribution < -0.4 is 9.62 Å². The molecule has 0 fully saturated rings. The van der Waals surface area contributed by atoms with Crippen LogP contribution in [0.2, 0.25) is 5.02 Å². The standard InChI is InChI=1S/C21H18ClFN2O3S/c1-14-12-15(21(26)24-18-5-3-4-17(23)13-18)6-11-20(14)25(2)29(27,28)19-9-7-16(22)8-10-19/h3-13H,1-2H3,(H,24,26). The van der Waals surface area contributed by atoms with Gasteiger partial charge in [-0.1, -0.05) is 17.7 Å². The Morgan fingerprint density at radius 1 is 1.03 bits per heavy atom. The van der Waals surface area contributed by atoms with Crippen molar-refractivity contribution in [2.75, 3.05) is 16.7 Å². The Morgan fingerprint density at radius 2 is 1.72 bits per heavy atom. The highest BCUT2D eigenvalue weighted by Gasteiger charge is 2.23. The number of benzene rings is 3. The summed E-state index contributed by atoms with van der Waals surface area (Å²) in [5.74, 6) is -0.878. The van der Waals surface area contributed by atoms with E-state index >= 15 is 0 Å². The molecule has 0 heterocycles. The number of aryl methyl sites for hydroxylation is 1. The van der Waals surface area contributed by atoms with E-state index < -0.39 is 21.7 Å². The number of hydrogen-bond donors (Lipinski definition) is 1. The van der Waals surface area contributed by atoms with E-state index in [-0.39, 0.29) is 4.90 Å².